The predicted octanol–water partition coefficient (Wildman–Crippen LogP) is 1.52. The highest BCUT2D eigenvalue weighted by Gasteiger charge is 2.09. The summed E-state index contributed by atoms with van der Waals surface area (Å²) < 4.78 is 5.36. The Balaban J connectivity index is 2.48. The first kappa shape index (κ1) is 12.4. The van der Waals surface area contributed by atoms with Gasteiger partial charge in [-0.2, -0.15) is 0 Å². The topological polar surface area (TPSA) is 55.6 Å². The Morgan fingerprint density at radius 2 is 2.06 bits per heavy atom. The molecule has 0 fully saturated rings. The summed E-state index contributed by atoms with van der Waals surface area (Å²) in [6.07, 6.45) is 0. The number of carbonyl (C=O) groups excluding carboxylic acids is 1. The number of hydrogen-bond acceptors (Lipinski definition) is 3. The van der Waals surface area contributed by atoms with E-state index >= 15 is 0 Å². The molecular weight excluding hydrogens is 204 g/mol. The summed E-state index contributed by atoms with van der Waals surface area (Å²) in [5.41, 5.74) is 6.23. The van der Waals surface area contributed by atoms with Crippen molar-refractivity contribution in [2.24, 2.45) is 0 Å². The van der Waals surface area contributed by atoms with E-state index in [0.29, 0.717) is 24.5 Å². The molecule has 0 radical (unpaired) electrons. The molecule has 0 bridgehead atoms. The molecule has 0 saturated carbocycles. The summed E-state index contributed by atoms with van der Waals surface area (Å²) in [6.45, 7) is 5.36. The lowest BCUT2D eigenvalue weighted by Crippen LogP contribution is -2.34. The van der Waals surface area contributed by atoms with Crippen LogP contribution in [0, 0.1) is 0 Å². The quantitative estimate of drug-likeness (QED) is 0.768. The molecule has 0 aromatic heterocycles. The number of ether oxygens (including phenoxy) is 1. The van der Waals surface area contributed by atoms with Crippen molar-refractivity contribution in [3.8, 4) is 5.75 Å². The minimum Gasteiger partial charge on any atom is -0.484 e. The van der Waals surface area contributed by atoms with E-state index in [9.17, 15) is 4.79 Å². The van der Waals surface area contributed by atoms with E-state index in [2.05, 4.69) is 0 Å². The second-order valence-corrected chi connectivity index (χ2v) is 3.43. The summed E-state index contributed by atoms with van der Waals surface area (Å²) in [5.74, 6) is 0.618. The number of carbonyl (C=O) groups is 1. The summed E-state index contributed by atoms with van der Waals surface area (Å²) in [6, 6.07) is 7.06. The fourth-order valence-electron chi connectivity index (χ4n) is 1.42. The van der Waals surface area contributed by atoms with Crippen molar-refractivity contribution < 1.29 is 9.53 Å². The highest BCUT2D eigenvalue weighted by atomic mass is 16.5. The summed E-state index contributed by atoms with van der Waals surface area (Å²) >= 11 is 0. The van der Waals surface area contributed by atoms with Crippen molar-refractivity contribution >= 4 is 11.6 Å². The van der Waals surface area contributed by atoms with Gasteiger partial charge in [-0.1, -0.05) is 6.07 Å². The highest BCUT2D eigenvalue weighted by Crippen LogP contribution is 2.14. The third-order valence-electron chi connectivity index (χ3n) is 2.34. The molecule has 0 spiro atoms. The highest BCUT2D eigenvalue weighted by molar-refractivity contribution is 5.77. The average molecular weight is 222 g/mol. The van der Waals surface area contributed by atoms with Crippen molar-refractivity contribution in [2.45, 2.75) is 13.8 Å². The lowest BCUT2D eigenvalue weighted by molar-refractivity contribution is -0.132. The van der Waals surface area contributed by atoms with Crippen LogP contribution in [0.1, 0.15) is 13.8 Å². The number of hydrogen-bond donors (Lipinski definition) is 1. The van der Waals surface area contributed by atoms with Gasteiger partial charge in [0.1, 0.15) is 5.75 Å². The van der Waals surface area contributed by atoms with Gasteiger partial charge < -0.3 is 15.4 Å². The number of nitrogen functional groups attached to an aromatic ring is 1. The monoisotopic (exact) mass is 222 g/mol. The lowest BCUT2D eigenvalue weighted by atomic mass is 10.3. The summed E-state index contributed by atoms with van der Waals surface area (Å²) in [7, 11) is 0. The maximum atomic E-state index is 11.6. The minimum atomic E-state index is -0.00701. The normalized spacial score (nSPS) is 9.88. The van der Waals surface area contributed by atoms with Crippen LogP contribution >= 0.6 is 0 Å². The molecular formula is C12H18N2O2. The number of nitrogens with two attached hydrogens (primary N) is 1. The van der Waals surface area contributed by atoms with E-state index in [4.69, 9.17) is 10.5 Å². The smallest absolute Gasteiger partial charge is 0.260 e. The van der Waals surface area contributed by atoms with Crippen LogP contribution in [0.5, 0.6) is 5.75 Å². The van der Waals surface area contributed by atoms with Gasteiger partial charge in [-0.15, -0.1) is 0 Å². The second-order valence-electron chi connectivity index (χ2n) is 3.43. The van der Waals surface area contributed by atoms with Gasteiger partial charge in [0.2, 0.25) is 0 Å². The molecule has 0 atom stereocenters. The van der Waals surface area contributed by atoms with Crippen molar-refractivity contribution in [3.05, 3.63) is 24.3 Å². The van der Waals surface area contributed by atoms with Crippen molar-refractivity contribution in [2.75, 3.05) is 25.4 Å². The molecule has 0 heterocycles. The number of rotatable bonds is 5. The maximum absolute atomic E-state index is 11.6. The van der Waals surface area contributed by atoms with Crippen molar-refractivity contribution in [1.29, 1.82) is 0 Å². The van der Waals surface area contributed by atoms with Crippen LogP contribution in [0.25, 0.3) is 0 Å². The third kappa shape index (κ3) is 3.46. The standard InChI is InChI=1S/C12H18N2O2/c1-3-14(4-2)12(15)9-16-11-7-5-6-10(13)8-11/h5-8H,3-4,9,13H2,1-2H3. The number of amides is 1. The number of nitrogens with zero attached hydrogens (tertiary/aromatic N) is 1. The van der Waals surface area contributed by atoms with Crippen molar-refractivity contribution in [3.63, 3.8) is 0 Å². The largest absolute Gasteiger partial charge is 0.484 e. The van der Waals surface area contributed by atoms with E-state index in [-0.39, 0.29) is 12.5 Å². The molecule has 4 nitrogen and oxygen atoms in total. The zero-order valence-corrected chi connectivity index (χ0v) is 9.77. The van der Waals surface area contributed by atoms with E-state index in [1.165, 1.54) is 0 Å². The van der Waals surface area contributed by atoms with Crippen LogP contribution in [-0.2, 0) is 4.79 Å². The third-order valence-corrected chi connectivity index (χ3v) is 2.34. The molecule has 0 aliphatic rings. The molecule has 1 aromatic rings. The zero-order chi connectivity index (χ0) is 12.0. The first-order valence-electron chi connectivity index (χ1n) is 5.43. The fourth-order valence-corrected chi connectivity index (χ4v) is 1.42. The molecule has 0 unspecified atom stereocenters. The SMILES string of the molecule is CCN(CC)C(=O)COc1cccc(N)c1. The Hall–Kier alpha value is -1.71. The molecule has 88 valence electrons. The van der Waals surface area contributed by atoms with E-state index in [1.54, 1.807) is 29.2 Å². The summed E-state index contributed by atoms with van der Waals surface area (Å²) in [4.78, 5) is 13.4. The van der Waals surface area contributed by atoms with Gasteiger partial charge in [0, 0.05) is 24.8 Å². The van der Waals surface area contributed by atoms with E-state index < -0.39 is 0 Å². The maximum Gasteiger partial charge on any atom is 0.260 e. The molecule has 2 N–H and O–H groups in total. The van der Waals surface area contributed by atoms with E-state index in [1.807, 2.05) is 13.8 Å². The van der Waals surface area contributed by atoms with Crippen LogP contribution in [0.2, 0.25) is 0 Å². The molecule has 1 amide bonds. The van der Waals surface area contributed by atoms with Crippen LogP contribution < -0.4 is 10.5 Å². The molecule has 0 aliphatic carbocycles. The van der Waals surface area contributed by atoms with Gasteiger partial charge in [-0.25, -0.2) is 0 Å². The van der Waals surface area contributed by atoms with Gasteiger partial charge in [-0.05, 0) is 26.0 Å². The Labute approximate surface area is 96.0 Å². The van der Waals surface area contributed by atoms with Crippen LogP contribution in [-0.4, -0.2) is 30.5 Å². The first-order chi connectivity index (χ1) is 7.67. The minimum absolute atomic E-state index is 0.00701. The zero-order valence-electron chi connectivity index (χ0n) is 9.77. The van der Waals surface area contributed by atoms with E-state index in [0.717, 1.165) is 0 Å². The molecule has 1 aromatic carbocycles. The Morgan fingerprint density at radius 3 is 2.62 bits per heavy atom. The van der Waals surface area contributed by atoms with Gasteiger partial charge in [0.05, 0.1) is 0 Å². The Bertz CT molecular complexity index is 349. The lowest BCUT2D eigenvalue weighted by Gasteiger charge is -2.18. The number of benzene rings is 1. The second kappa shape index (κ2) is 6.00. The average Bonchev–Trinajstić information content (AvgIpc) is 2.28. The van der Waals surface area contributed by atoms with Crippen LogP contribution in [0.3, 0.4) is 0 Å². The summed E-state index contributed by atoms with van der Waals surface area (Å²) in [5, 5.41) is 0. The fraction of sp³-hybridized carbons (Fsp3) is 0.417. The molecule has 0 saturated heterocycles. The van der Waals surface area contributed by atoms with Crippen molar-refractivity contribution in [1.82, 2.24) is 4.90 Å². The van der Waals surface area contributed by atoms with Crippen LogP contribution in [0.4, 0.5) is 5.69 Å². The van der Waals surface area contributed by atoms with Gasteiger partial charge in [0.25, 0.3) is 5.91 Å². The molecule has 4 heteroatoms. The molecule has 16 heavy (non-hydrogen) atoms. The Kier molecular flexibility index (Phi) is 4.64. The predicted molar refractivity (Wildman–Crippen MR) is 64.3 cm³/mol. The number of likely N-dealkylation sites (N-methyl/N-ethyl adjacent to an activating group) is 1. The van der Waals surface area contributed by atoms with Gasteiger partial charge >= 0.3 is 0 Å². The number of anilines is 1. The van der Waals surface area contributed by atoms with Gasteiger partial charge in [0.15, 0.2) is 6.61 Å². The molecule has 1 rings (SSSR count). The van der Waals surface area contributed by atoms with Gasteiger partial charge in [-0.3, -0.25) is 4.79 Å². The molecule has 0 aliphatic heterocycles. The Morgan fingerprint density at radius 1 is 1.38 bits per heavy atom. The first-order valence-corrected chi connectivity index (χ1v) is 5.43. The van der Waals surface area contributed by atoms with Crippen LogP contribution in [0.15, 0.2) is 24.3 Å².